The van der Waals surface area contributed by atoms with E-state index in [1.807, 2.05) is 0 Å². The Morgan fingerprint density at radius 1 is 1.50 bits per heavy atom. The summed E-state index contributed by atoms with van der Waals surface area (Å²) in [4.78, 5) is 0. The molecule has 0 aliphatic heterocycles. The normalized spacial score (nSPS) is 12.0. The summed E-state index contributed by atoms with van der Waals surface area (Å²) in [6.45, 7) is -0.540. The monoisotopic (exact) mass is 128 g/mol. The van der Waals surface area contributed by atoms with Crippen LogP contribution in [-0.2, 0) is 4.74 Å². The van der Waals surface area contributed by atoms with Crippen molar-refractivity contribution in [3.63, 3.8) is 0 Å². The summed E-state index contributed by atoms with van der Waals surface area (Å²) in [5, 5.41) is 0. The second-order valence-electron chi connectivity index (χ2n) is 1.20. The summed E-state index contributed by atoms with van der Waals surface area (Å²) < 4.78 is 37.9. The lowest BCUT2D eigenvalue weighted by molar-refractivity contribution is -0.243. The van der Waals surface area contributed by atoms with E-state index in [-0.39, 0.29) is 6.61 Å². The average molecular weight is 128 g/mol. The van der Waals surface area contributed by atoms with Gasteiger partial charge in [0, 0.05) is 0 Å². The summed E-state index contributed by atoms with van der Waals surface area (Å²) in [7, 11) is 0. The van der Waals surface area contributed by atoms with E-state index in [1.165, 1.54) is 6.92 Å². The van der Waals surface area contributed by atoms with Crippen LogP contribution >= 0.6 is 0 Å². The van der Waals surface area contributed by atoms with Crippen molar-refractivity contribution in [2.24, 2.45) is 0 Å². The molecule has 1 nitrogen and oxygen atoms in total. The molecular formula is C4H7F3O. The molecule has 8 heavy (non-hydrogen) atoms. The third-order valence-corrected chi connectivity index (χ3v) is 0.511. The van der Waals surface area contributed by atoms with E-state index in [1.54, 1.807) is 0 Å². The first-order valence-electron chi connectivity index (χ1n) is 2.20. The molecule has 0 aromatic heterocycles. The van der Waals surface area contributed by atoms with Crippen LogP contribution in [0.3, 0.4) is 0 Å². The van der Waals surface area contributed by atoms with E-state index < -0.39 is 12.8 Å². The van der Waals surface area contributed by atoms with Gasteiger partial charge in [-0.2, -0.15) is 8.78 Å². The molecule has 0 atom stereocenters. The highest BCUT2D eigenvalue weighted by Gasteiger charge is 2.28. The molecule has 0 saturated heterocycles. The van der Waals surface area contributed by atoms with Crippen LogP contribution in [0.1, 0.15) is 6.92 Å². The second-order valence-corrected chi connectivity index (χ2v) is 1.20. The summed E-state index contributed by atoms with van der Waals surface area (Å²) >= 11 is 0. The molecule has 0 rings (SSSR count). The standard InChI is InChI=1S/C4H7F3O/c1-2-8-4(6,7)3-5/h2-3H2,1H3. The smallest absolute Gasteiger partial charge is 0.319 e. The van der Waals surface area contributed by atoms with E-state index in [9.17, 15) is 13.2 Å². The van der Waals surface area contributed by atoms with Crippen molar-refractivity contribution < 1.29 is 17.9 Å². The molecule has 0 saturated carbocycles. The molecular weight excluding hydrogens is 121 g/mol. The highest BCUT2D eigenvalue weighted by atomic mass is 19.3. The number of alkyl halides is 3. The van der Waals surface area contributed by atoms with Gasteiger partial charge in [-0.3, -0.25) is 0 Å². The molecule has 0 amide bonds. The summed E-state index contributed by atoms with van der Waals surface area (Å²) in [5.41, 5.74) is 0. The van der Waals surface area contributed by atoms with Crippen molar-refractivity contribution in [3.8, 4) is 0 Å². The number of hydrogen-bond acceptors (Lipinski definition) is 1. The molecule has 0 N–H and O–H groups in total. The molecule has 0 aliphatic carbocycles. The predicted octanol–water partition coefficient (Wildman–Crippen LogP) is 1.59. The highest BCUT2D eigenvalue weighted by molar-refractivity contribution is 4.45. The van der Waals surface area contributed by atoms with Gasteiger partial charge in [-0.15, -0.1) is 0 Å². The van der Waals surface area contributed by atoms with Crippen LogP contribution in [0.2, 0.25) is 0 Å². The molecule has 0 aromatic carbocycles. The van der Waals surface area contributed by atoms with E-state index in [4.69, 9.17) is 0 Å². The summed E-state index contributed by atoms with van der Waals surface area (Å²) in [6.07, 6.45) is -3.57. The van der Waals surface area contributed by atoms with Crippen LogP contribution in [-0.4, -0.2) is 19.4 Å². The lowest BCUT2D eigenvalue weighted by Crippen LogP contribution is -2.22. The first kappa shape index (κ1) is 7.75. The second kappa shape index (κ2) is 2.91. The van der Waals surface area contributed by atoms with Crippen LogP contribution in [0.4, 0.5) is 13.2 Å². The van der Waals surface area contributed by atoms with E-state index in [2.05, 4.69) is 4.74 Å². The molecule has 50 valence electrons. The summed E-state index contributed by atoms with van der Waals surface area (Å²) in [5.74, 6) is 0. The Morgan fingerprint density at radius 2 is 2.00 bits per heavy atom. The highest BCUT2D eigenvalue weighted by Crippen LogP contribution is 2.14. The number of ether oxygens (including phenoxy) is 1. The Labute approximate surface area is 45.4 Å². The summed E-state index contributed by atoms with van der Waals surface area (Å²) in [6, 6.07) is 0. The Balaban J connectivity index is 3.37. The maximum absolute atomic E-state index is 11.6. The minimum Gasteiger partial charge on any atom is -0.319 e. The number of rotatable bonds is 3. The van der Waals surface area contributed by atoms with Gasteiger partial charge in [0.1, 0.15) is 0 Å². The van der Waals surface area contributed by atoms with Crippen molar-refractivity contribution in [1.29, 1.82) is 0 Å². The Hall–Kier alpha value is -0.250. The van der Waals surface area contributed by atoms with E-state index in [0.717, 1.165) is 0 Å². The van der Waals surface area contributed by atoms with E-state index in [0.29, 0.717) is 0 Å². The molecule has 0 bridgehead atoms. The number of hydrogen-bond donors (Lipinski definition) is 0. The largest absolute Gasteiger partial charge is 0.384 e. The third-order valence-electron chi connectivity index (χ3n) is 0.511. The Morgan fingerprint density at radius 3 is 2.12 bits per heavy atom. The maximum atomic E-state index is 11.6. The van der Waals surface area contributed by atoms with Crippen molar-refractivity contribution in [3.05, 3.63) is 0 Å². The van der Waals surface area contributed by atoms with Gasteiger partial charge in [0.2, 0.25) is 0 Å². The fourth-order valence-electron chi connectivity index (χ4n) is 0.250. The zero-order chi connectivity index (χ0) is 6.62. The van der Waals surface area contributed by atoms with Crippen LogP contribution in [0, 0.1) is 0 Å². The zero-order valence-corrected chi connectivity index (χ0v) is 4.46. The van der Waals surface area contributed by atoms with Crippen molar-refractivity contribution >= 4 is 0 Å². The van der Waals surface area contributed by atoms with Gasteiger partial charge in [-0.05, 0) is 6.92 Å². The first-order valence-corrected chi connectivity index (χ1v) is 2.20. The molecule has 4 heteroatoms. The minimum atomic E-state index is -3.57. The van der Waals surface area contributed by atoms with Crippen LogP contribution in [0.15, 0.2) is 0 Å². The van der Waals surface area contributed by atoms with Crippen LogP contribution in [0.5, 0.6) is 0 Å². The quantitative estimate of drug-likeness (QED) is 0.560. The molecule has 0 spiro atoms. The average Bonchev–Trinajstić information content (AvgIpc) is 1.67. The first-order chi connectivity index (χ1) is 3.62. The third kappa shape index (κ3) is 2.85. The predicted molar refractivity (Wildman–Crippen MR) is 22.5 cm³/mol. The van der Waals surface area contributed by atoms with Crippen molar-refractivity contribution in [2.75, 3.05) is 13.3 Å². The van der Waals surface area contributed by atoms with Gasteiger partial charge in [0.05, 0.1) is 6.61 Å². The molecule has 0 unspecified atom stereocenters. The molecule has 0 aromatic rings. The van der Waals surface area contributed by atoms with Gasteiger partial charge in [-0.25, -0.2) is 4.39 Å². The van der Waals surface area contributed by atoms with Gasteiger partial charge < -0.3 is 4.74 Å². The Kier molecular flexibility index (Phi) is 2.82. The van der Waals surface area contributed by atoms with Gasteiger partial charge in [-0.1, -0.05) is 0 Å². The zero-order valence-electron chi connectivity index (χ0n) is 4.46. The minimum absolute atomic E-state index is 0.170. The fraction of sp³-hybridized carbons (Fsp3) is 1.00. The van der Waals surface area contributed by atoms with Gasteiger partial charge >= 0.3 is 6.11 Å². The lowest BCUT2D eigenvalue weighted by atomic mass is 10.7. The Bertz CT molecular complexity index is 64.3. The van der Waals surface area contributed by atoms with Crippen LogP contribution < -0.4 is 0 Å². The van der Waals surface area contributed by atoms with Crippen molar-refractivity contribution in [1.82, 2.24) is 0 Å². The molecule has 0 heterocycles. The maximum Gasteiger partial charge on any atom is 0.384 e. The van der Waals surface area contributed by atoms with Crippen LogP contribution in [0.25, 0.3) is 0 Å². The lowest BCUT2D eigenvalue weighted by Gasteiger charge is -2.09. The topological polar surface area (TPSA) is 9.23 Å². The SMILES string of the molecule is CCOC(F)(F)CF. The van der Waals surface area contributed by atoms with E-state index >= 15 is 0 Å². The molecule has 0 radical (unpaired) electrons. The van der Waals surface area contributed by atoms with Gasteiger partial charge in [0.25, 0.3) is 0 Å². The number of halogens is 3. The molecule has 0 fully saturated rings. The molecule has 0 aliphatic rings. The van der Waals surface area contributed by atoms with Crippen molar-refractivity contribution in [2.45, 2.75) is 13.0 Å². The van der Waals surface area contributed by atoms with Gasteiger partial charge in [0.15, 0.2) is 6.67 Å². The fourth-order valence-corrected chi connectivity index (χ4v) is 0.250.